The Kier molecular flexibility index (Phi) is 7.79. The van der Waals surface area contributed by atoms with Crippen molar-refractivity contribution in [3.63, 3.8) is 0 Å². The summed E-state index contributed by atoms with van der Waals surface area (Å²) in [5, 5.41) is 10.4. The van der Waals surface area contributed by atoms with Crippen LogP contribution in [0.1, 0.15) is 77.0 Å². The molecule has 7 nitrogen and oxygen atoms in total. The lowest BCUT2D eigenvalue weighted by Crippen LogP contribution is -2.30. The zero-order valence-electron chi connectivity index (χ0n) is 25.3. The number of fused-ring (bicyclic) bond motifs is 2. The van der Waals surface area contributed by atoms with Gasteiger partial charge in [0, 0.05) is 34.5 Å². The van der Waals surface area contributed by atoms with Crippen LogP contribution in [0, 0.1) is 26.6 Å². The summed E-state index contributed by atoms with van der Waals surface area (Å²) in [5.41, 5.74) is 5.96. The van der Waals surface area contributed by atoms with Gasteiger partial charge in [-0.25, -0.2) is 9.18 Å². The number of carboxylic acid groups (broad SMARTS) is 1. The number of amides is 1. The number of aryl methyl sites for hydroxylation is 1. The van der Waals surface area contributed by atoms with Crippen LogP contribution in [0.5, 0.6) is 11.5 Å². The number of ether oxygens (including phenoxy) is 3. The third-order valence-corrected chi connectivity index (χ3v) is 8.18. The molecule has 2 aliphatic rings. The van der Waals surface area contributed by atoms with Crippen molar-refractivity contribution in [2.45, 2.75) is 72.5 Å². The van der Waals surface area contributed by atoms with Gasteiger partial charge >= 0.3 is 5.97 Å². The van der Waals surface area contributed by atoms with Crippen LogP contribution in [0.15, 0.2) is 30.3 Å². The number of rotatable bonds is 6. The summed E-state index contributed by atoms with van der Waals surface area (Å²) in [4.78, 5) is 28.4. The van der Waals surface area contributed by atoms with Gasteiger partial charge in [-0.3, -0.25) is 4.79 Å². The van der Waals surface area contributed by atoms with Crippen LogP contribution in [-0.2, 0) is 22.4 Å². The zero-order chi connectivity index (χ0) is 30.5. The quantitative estimate of drug-likeness (QED) is 0.344. The van der Waals surface area contributed by atoms with Crippen molar-refractivity contribution >= 4 is 17.6 Å². The SMILES string of the molecule is COc1cccc(C(=O)N2CCc3c2cc(C)c([C@H](OC(C)(C)C)C(=O)O)c3-c2cc(F)c3c(c2C)CCCO3)c1C. The summed E-state index contributed by atoms with van der Waals surface area (Å²) < 4.78 is 32.9. The van der Waals surface area contributed by atoms with Gasteiger partial charge < -0.3 is 24.2 Å². The standard InChI is InChI=1S/C34H38FNO6/c1-18-16-26-23(13-14-36(26)32(37)22-10-8-12-27(40-7)20(22)3)29(28(18)31(33(38)39)42-34(4,5)6)24-17-25(35)30-21(19(24)2)11-9-15-41-30/h8,10,12,16-17,31H,9,11,13-15H2,1-7H3,(H,38,39)/t31-/m0/s1. The van der Waals surface area contributed by atoms with Gasteiger partial charge in [0.25, 0.3) is 5.91 Å². The number of halogens is 1. The van der Waals surface area contributed by atoms with Crippen molar-refractivity contribution < 1.29 is 33.3 Å². The maximum Gasteiger partial charge on any atom is 0.337 e. The molecule has 0 saturated heterocycles. The van der Waals surface area contributed by atoms with Crippen LogP contribution < -0.4 is 14.4 Å². The molecule has 1 N–H and O–H groups in total. The molecule has 0 unspecified atom stereocenters. The van der Waals surface area contributed by atoms with Gasteiger partial charge in [-0.2, -0.15) is 0 Å². The number of carboxylic acids is 1. The molecule has 222 valence electrons. The van der Waals surface area contributed by atoms with Crippen molar-refractivity contribution in [2.75, 3.05) is 25.2 Å². The summed E-state index contributed by atoms with van der Waals surface area (Å²) in [7, 11) is 1.57. The molecule has 0 radical (unpaired) electrons. The lowest BCUT2D eigenvalue weighted by Gasteiger charge is -2.30. The molecule has 0 aromatic heterocycles. The number of carbonyl (C=O) groups is 2. The summed E-state index contributed by atoms with van der Waals surface area (Å²) in [6.45, 7) is 11.9. The fraction of sp³-hybridized carbons (Fsp3) is 0.412. The van der Waals surface area contributed by atoms with Crippen LogP contribution in [0.2, 0.25) is 0 Å². The highest BCUT2D eigenvalue weighted by atomic mass is 19.1. The molecule has 0 spiro atoms. The first-order chi connectivity index (χ1) is 19.8. The first kappa shape index (κ1) is 29.6. The van der Waals surface area contributed by atoms with Crippen molar-refractivity contribution in [3.8, 4) is 22.6 Å². The number of carbonyl (C=O) groups excluding carboxylic acids is 1. The Hall–Kier alpha value is -3.91. The number of hydrogen-bond donors (Lipinski definition) is 1. The maximum atomic E-state index is 15.6. The molecule has 0 fully saturated rings. The van der Waals surface area contributed by atoms with E-state index in [0.29, 0.717) is 65.2 Å². The molecule has 1 atom stereocenters. The predicted molar refractivity (Wildman–Crippen MR) is 159 cm³/mol. The number of nitrogens with zero attached hydrogens (tertiary/aromatic N) is 1. The Labute approximate surface area is 246 Å². The summed E-state index contributed by atoms with van der Waals surface area (Å²) in [5.74, 6) is -0.900. The molecule has 42 heavy (non-hydrogen) atoms. The second-order valence-corrected chi connectivity index (χ2v) is 12.1. The smallest absolute Gasteiger partial charge is 0.337 e. The van der Waals surface area contributed by atoms with Gasteiger partial charge in [-0.1, -0.05) is 6.07 Å². The molecule has 0 saturated carbocycles. The van der Waals surface area contributed by atoms with Crippen LogP contribution >= 0.6 is 0 Å². The highest BCUT2D eigenvalue weighted by molar-refractivity contribution is 6.09. The fourth-order valence-corrected chi connectivity index (χ4v) is 6.27. The highest BCUT2D eigenvalue weighted by Gasteiger charge is 2.37. The van der Waals surface area contributed by atoms with E-state index in [9.17, 15) is 14.7 Å². The maximum absolute atomic E-state index is 15.6. The summed E-state index contributed by atoms with van der Waals surface area (Å²) in [6, 6.07) is 8.70. The molecule has 8 heteroatoms. The molecule has 0 aliphatic carbocycles. The first-order valence-electron chi connectivity index (χ1n) is 14.3. The van der Waals surface area contributed by atoms with Gasteiger partial charge in [-0.15, -0.1) is 0 Å². The fourth-order valence-electron chi connectivity index (χ4n) is 6.27. The molecule has 5 rings (SSSR count). The van der Waals surface area contributed by atoms with Crippen molar-refractivity contribution in [1.82, 2.24) is 0 Å². The Morgan fingerprint density at radius 3 is 2.48 bits per heavy atom. The minimum atomic E-state index is -1.30. The van der Waals surface area contributed by atoms with Crippen molar-refractivity contribution in [2.24, 2.45) is 0 Å². The minimum absolute atomic E-state index is 0.175. The Bertz CT molecular complexity index is 1590. The largest absolute Gasteiger partial charge is 0.496 e. The van der Waals surface area contributed by atoms with Gasteiger partial charge in [0.1, 0.15) is 5.75 Å². The lowest BCUT2D eigenvalue weighted by molar-refractivity contribution is -0.160. The van der Waals surface area contributed by atoms with Crippen LogP contribution in [-0.4, -0.2) is 42.8 Å². The second kappa shape index (κ2) is 11.1. The number of aliphatic carboxylic acids is 1. The first-order valence-corrected chi connectivity index (χ1v) is 14.3. The zero-order valence-corrected chi connectivity index (χ0v) is 25.3. The molecule has 2 aliphatic heterocycles. The molecule has 2 heterocycles. The highest BCUT2D eigenvalue weighted by Crippen LogP contribution is 2.48. The average Bonchev–Trinajstić information content (AvgIpc) is 3.36. The topological polar surface area (TPSA) is 85.3 Å². The number of methoxy groups -OCH3 is 1. The minimum Gasteiger partial charge on any atom is -0.496 e. The lowest BCUT2D eigenvalue weighted by atomic mass is 9.83. The molecule has 3 aromatic carbocycles. The van der Waals surface area contributed by atoms with Gasteiger partial charge in [0.15, 0.2) is 17.7 Å². The van der Waals surface area contributed by atoms with E-state index >= 15 is 4.39 Å². The van der Waals surface area contributed by atoms with Gasteiger partial charge in [0.2, 0.25) is 0 Å². The third kappa shape index (κ3) is 5.13. The van der Waals surface area contributed by atoms with Crippen molar-refractivity contribution in [3.05, 3.63) is 75.1 Å². The second-order valence-electron chi connectivity index (χ2n) is 12.1. The van der Waals surface area contributed by atoms with Crippen LogP contribution in [0.4, 0.5) is 10.1 Å². The van der Waals surface area contributed by atoms with Crippen molar-refractivity contribution in [1.29, 1.82) is 0 Å². The molecule has 0 bridgehead atoms. The Balaban J connectivity index is 1.77. The molecular formula is C34H38FNO6. The number of benzene rings is 3. The van der Waals surface area contributed by atoms with E-state index in [2.05, 4.69) is 0 Å². The molecule has 1 amide bonds. The summed E-state index contributed by atoms with van der Waals surface area (Å²) >= 11 is 0. The monoisotopic (exact) mass is 575 g/mol. The molecule has 3 aromatic rings. The number of hydrogen-bond acceptors (Lipinski definition) is 5. The van der Waals surface area contributed by atoms with E-state index in [-0.39, 0.29) is 11.7 Å². The van der Waals surface area contributed by atoms with E-state index in [1.165, 1.54) is 6.07 Å². The normalized spacial score (nSPS) is 15.1. The van der Waals surface area contributed by atoms with E-state index < -0.39 is 23.5 Å². The third-order valence-electron chi connectivity index (χ3n) is 8.18. The Morgan fingerprint density at radius 2 is 1.81 bits per heavy atom. The average molecular weight is 576 g/mol. The van der Waals surface area contributed by atoms with Crippen LogP contribution in [0.3, 0.4) is 0 Å². The van der Waals surface area contributed by atoms with Gasteiger partial charge in [0.05, 0.1) is 19.3 Å². The van der Waals surface area contributed by atoms with E-state index in [1.807, 2.05) is 53.7 Å². The van der Waals surface area contributed by atoms with E-state index in [4.69, 9.17) is 14.2 Å². The molecular weight excluding hydrogens is 537 g/mol. The van der Waals surface area contributed by atoms with Gasteiger partial charge in [-0.05, 0) is 113 Å². The number of anilines is 1. The Morgan fingerprint density at radius 1 is 1.07 bits per heavy atom. The van der Waals surface area contributed by atoms with E-state index in [0.717, 1.165) is 28.7 Å². The predicted octanol–water partition coefficient (Wildman–Crippen LogP) is 6.90. The van der Waals surface area contributed by atoms with Crippen LogP contribution in [0.25, 0.3) is 11.1 Å². The summed E-state index contributed by atoms with van der Waals surface area (Å²) in [6.07, 6.45) is 0.604. The van der Waals surface area contributed by atoms with E-state index in [1.54, 1.807) is 24.1 Å².